The molecular weight excluding hydrogens is 292 g/mol. The summed E-state index contributed by atoms with van der Waals surface area (Å²) in [5.41, 5.74) is 7.98. The van der Waals surface area contributed by atoms with Gasteiger partial charge in [0.2, 0.25) is 5.91 Å². The van der Waals surface area contributed by atoms with Crippen LogP contribution in [-0.2, 0) is 11.3 Å². The summed E-state index contributed by atoms with van der Waals surface area (Å²) < 4.78 is 5.23. The van der Waals surface area contributed by atoms with Gasteiger partial charge < -0.3 is 15.2 Å². The number of nitrogens with zero attached hydrogens (tertiary/aromatic N) is 3. The Morgan fingerprint density at radius 1 is 1.26 bits per heavy atom. The number of aromatic nitrogens is 1. The van der Waals surface area contributed by atoms with Crippen molar-refractivity contribution in [3.05, 3.63) is 17.0 Å². The van der Waals surface area contributed by atoms with Crippen LogP contribution in [0.15, 0.2) is 4.52 Å². The van der Waals surface area contributed by atoms with E-state index in [1.54, 1.807) is 0 Å². The number of hydrogen-bond acceptors (Lipinski definition) is 5. The molecule has 1 aliphatic heterocycles. The monoisotopic (exact) mass is 320 g/mol. The quantitative estimate of drug-likeness (QED) is 0.905. The Hall–Kier alpha value is -1.40. The van der Waals surface area contributed by atoms with Crippen LogP contribution in [0, 0.1) is 25.7 Å². The number of hydrogen-bond donors (Lipinski definition) is 1. The molecule has 6 nitrogen and oxygen atoms in total. The number of aryl methyl sites for hydroxylation is 2. The first-order valence-corrected chi connectivity index (χ1v) is 8.73. The van der Waals surface area contributed by atoms with E-state index in [0.29, 0.717) is 18.4 Å². The molecule has 2 atom stereocenters. The molecule has 1 aliphatic carbocycles. The van der Waals surface area contributed by atoms with Crippen molar-refractivity contribution in [1.29, 1.82) is 0 Å². The lowest BCUT2D eigenvalue weighted by Gasteiger charge is -2.36. The molecule has 2 fully saturated rings. The normalized spacial score (nSPS) is 26.0. The standard InChI is InChI=1S/C17H28N4O2/c1-12-16(13(2)23-19-12)11-20-6-8-21(9-7-20)17(22)15-5-3-4-14(15)10-18/h14-15H,3-11,18H2,1-2H3/t14-,15-/m1/s1. The topological polar surface area (TPSA) is 75.6 Å². The van der Waals surface area contributed by atoms with Crippen molar-refractivity contribution in [1.82, 2.24) is 15.0 Å². The summed E-state index contributed by atoms with van der Waals surface area (Å²) in [6, 6.07) is 0. The van der Waals surface area contributed by atoms with E-state index in [2.05, 4.69) is 10.1 Å². The van der Waals surface area contributed by atoms with Crippen LogP contribution in [0.3, 0.4) is 0 Å². The van der Waals surface area contributed by atoms with E-state index < -0.39 is 0 Å². The predicted octanol–water partition coefficient (Wildman–Crippen LogP) is 1.31. The van der Waals surface area contributed by atoms with Crippen LogP contribution >= 0.6 is 0 Å². The highest BCUT2D eigenvalue weighted by molar-refractivity contribution is 5.79. The van der Waals surface area contributed by atoms with Crippen molar-refractivity contribution in [2.24, 2.45) is 17.6 Å². The van der Waals surface area contributed by atoms with Gasteiger partial charge in [-0.15, -0.1) is 0 Å². The Balaban J connectivity index is 1.53. The molecule has 1 amide bonds. The first kappa shape index (κ1) is 16.5. The lowest BCUT2D eigenvalue weighted by molar-refractivity contribution is -0.138. The molecule has 0 aromatic carbocycles. The number of carbonyl (C=O) groups excluding carboxylic acids is 1. The predicted molar refractivity (Wildman–Crippen MR) is 87.7 cm³/mol. The van der Waals surface area contributed by atoms with E-state index in [9.17, 15) is 4.79 Å². The Labute approximate surface area is 138 Å². The van der Waals surface area contributed by atoms with Crippen LogP contribution in [0.2, 0.25) is 0 Å². The van der Waals surface area contributed by atoms with E-state index in [-0.39, 0.29) is 5.92 Å². The minimum Gasteiger partial charge on any atom is -0.361 e. The van der Waals surface area contributed by atoms with Crippen LogP contribution in [0.25, 0.3) is 0 Å². The molecule has 2 N–H and O–H groups in total. The molecule has 3 rings (SSSR count). The highest BCUT2D eigenvalue weighted by Crippen LogP contribution is 2.32. The summed E-state index contributed by atoms with van der Waals surface area (Å²) in [6.07, 6.45) is 3.27. The average molecular weight is 320 g/mol. The maximum absolute atomic E-state index is 12.7. The average Bonchev–Trinajstić information content (AvgIpc) is 3.16. The number of piperazine rings is 1. The second-order valence-corrected chi connectivity index (χ2v) is 6.94. The summed E-state index contributed by atoms with van der Waals surface area (Å²) in [7, 11) is 0. The van der Waals surface area contributed by atoms with Crippen molar-refractivity contribution in [3.8, 4) is 0 Å². The fourth-order valence-corrected chi connectivity index (χ4v) is 3.96. The lowest BCUT2D eigenvalue weighted by atomic mass is 9.94. The molecule has 2 heterocycles. The van der Waals surface area contributed by atoms with E-state index in [4.69, 9.17) is 10.3 Å². The number of carbonyl (C=O) groups is 1. The summed E-state index contributed by atoms with van der Waals surface area (Å²) in [5, 5.41) is 4.02. The van der Waals surface area contributed by atoms with Crippen molar-refractivity contribution in [3.63, 3.8) is 0 Å². The van der Waals surface area contributed by atoms with Crippen LogP contribution in [0.1, 0.15) is 36.3 Å². The largest absolute Gasteiger partial charge is 0.361 e. The first-order chi connectivity index (χ1) is 11.1. The summed E-state index contributed by atoms with van der Waals surface area (Å²) in [6.45, 7) is 8.90. The lowest BCUT2D eigenvalue weighted by Crippen LogP contribution is -2.50. The maximum Gasteiger partial charge on any atom is 0.226 e. The smallest absolute Gasteiger partial charge is 0.226 e. The van der Waals surface area contributed by atoms with Gasteiger partial charge in [0.25, 0.3) is 0 Å². The first-order valence-electron chi connectivity index (χ1n) is 8.73. The van der Waals surface area contributed by atoms with Gasteiger partial charge in [0.1, 0.15) is 5.76 Å². The van der Waals surface area contributed by atoms with Crippen LogP contribution in [0.4, 0.5) is 0 Å². The molecule has 0 bridgehead atoms. The molecule has 23 heavy (non-hydrogen) atoms. The zero-order valence-corrected chi connectivity index (χ0v) is 14.3. The van der Waals surface area contributed by atoms with Gasteiger partial charge in [-0.05, 0) is 39.2 Å². The molecule has 1 saturated heterocycles. The third kappa shape index (κ3) is 3.43. The Kier molecular flexibility index (Phi) is 5.02. The molecule has 1 saturated carbocycles. The summed E-state index contributed by atoms with van der Waals surface area (Å²) in [4.78, 5) is 17.2. The number of rotatable bonds is 4. The van der Waals surface area contributed by atoms with E-state index in [1.807, 2.05) is 18.7 Å². The van der Waals surface area contributed by atoms with Gasteiger partial charge in [-0.1, -0.05) is 11.6 Å². The highest BCUT2D eigenvalue weighted by Gasteiger charge is 2.35. The molecular formula is C17H28N4O2. The summed E-state index contributed by atoms with van der Waals surface area (Å²) in [5.74, 6) is 1.78. The second-order valence-electron chi connectivity index (χ2n) is 6.94. The molecule has 6 heteroatoms. The zero-order valence-electron chi connectivity index (χ0n) is 14.3. The van der Waals surface area contributed by atoms with Crippen molar-refractivity contribution >= 4 is 5.91 Å². The van der Waals surface area contributed by atoms with Crippen molar-refractivity contribution in [2.45, 2.75) is 39.7 Å². The van der Waals surface area contributed by atoms with Crippen molar-refractivity contribution in [2.75, 3.05) is 32.7 Å². The molecule has 0 radical (unpaired) electrons. The van der Waals surface area contributed by atoms with Gasteiger partial charge in [-0.2, -0.15) is 0 Å². The van der Waals surface area contributed by atoms with Gasteiger partial charge in [0, 0.05) is 44.2 Å². The van der Waals surface area contributed by atoms with Gasteiger partial charge in [0.05, 0.1) is 5.69 Å². The summed E-state index contributed by atoms with van der Waals surface area (Å²) >= 11 is 0. The Morgan fingerprint density at radius 3 is 2.61 bits per heavy atom. The van der Waals surface area contributed by atoms with Gasteiger partial charge in [-0.3, -0.25) is 9.69 Å². The molecule has 1 aromatic heterocycles. The number of amides is 1. The number of nitrogens with two attached hydrogens (primary N) is 1. The van der Waals surface area contributed by atoms with Gasteiger partial charge >= 0.3 is 0 Å². The Bertz CT molecular complexity index is 529. The third-order valence-corrected chi connectivity index (χ3v) is 5.53. The molecule has 1 aromatic rings. The maximum atomic E-state index is 12.7. The molecule has 2 aliphatic rings. The van der Waals surface area contributed by atoms with Crippen LogP contribution in [-0.4, -0.2) is 53.6 Å². The molecule has 0 spiro atoms. The molecule has 128 valence electrons. The molecule has 0 unspecified atom stereocenters. The van der Waals surface area contributed by atoms with E-state index >= 15 is 0 Å². The SMILES string of the molecule is Cc1noc(C)c1CN1CCN(C(=O)[C@@H]2CCC[C@@H]2CN)CC1. The van der Waals surface area contributed by atoms with E-state index in [1.165, 1.54) is 5.56 Å². The van der Waals surface area contributed by atoms with Gasteiger partial charge in [-0.25, -0.2) is 0 Å². The van der Waals surface area contributed by atoms with Crippen LogP contribution < -0.4 is 5.73 Å². The van der Waals surface area contributed by atoms with E-state index in [0.717, 1.165) is 63.4 Å². The van der Waals surface area contributed by atoms with Crippen LogP contribution in [0.5, 0.6) is 0 Å². The minimum absolute atomic E-state index is 0.161. The van der Waals surface area contributed by atoms with Crippen molar-refractivity contribution < 1.29 is 9.32 Å². The second kappa shape index (κ2) is 7.01. The minimum atomic E-state index is 0.161. The fraction of sp³-hybridized carbons (Fsp3) is 0.765. The fourth-order valence-electron chi connectivity index (χ4n) is 3.96. The van der Waals surface area contributed by atoms with Gasteiger partial charge in [0.15, 0.2) is 0 Å². The highest BCUT2D eigenvalue weighted by atomic mass is 16.5. The Morgan fingerprint density at radius 2 is 2.00 bits per heavy atom. The zero-order chi connectivity index (χ0) is 16.4. The third-order valence-electron chi connectivity index (χ3n) is 5.53.